The zero-order valence-electron chi connectivity index (χ0n) is 19.0. The monoisotopic (exact) mass is 450 g/mol. The van der Waals surface area contributed by atoms with Crippen LogP contribution in [-0.2, 0) is 0 Å². The Hall–Kier alpha value is -4.33. The summed E-state index contributed by atoms with van der Waals surface area (Å²) in [4.78, 5) is 26.6. The molecule has 4 heterocycles. The van der Waals surface area contributed by atoms with Crippen molar-refractivity contribution < 1.29 is 9.53 Å². The molecule has 0 radical (unpaired) electrons. The average molecular weight is 451 g/mol. The van der Waals surface area contributed by atoms with E-state index < -0.39 is 0 Å². The van der Waals surface area contributed by atoms with Gasteiger partial charge in [0.1, 0.15) is 18.2 Å². The molecule has 3 aromatic heterocycles. The Morgan fingerprint density at radius 2 is 1.82 bits per heavy atom. The van der Waals surface area contributed by atoms with Crippen LogP contribution in [0.1, 0.15) is 28.8 Å². The number of aromatic nitrogens is 5. The third-order valence-electron chi connectivity index (χ3n) is 6.27. The van der Waals surface area contributed by atoms with Gasteiger partial charge in [-0.25, -0.2) is 14.8 Å². The topological polar surface area (TPSA) is 94.8 Å². The van der Waals surface area contributed by atoms with Gasteiger partial charge in [-0.05, 0) is 38.5 Å². The van der Waals surface area contributed by atoms with Crippen LogP contribution in [0, 0.1) is 20.8 Å². The van der Waals surface area contributed by atoms with E-state index in [1.807, 2.05) is 63.2 Å². The molecule has 34 heavy (non-hydrogen) atoms. The smallest absolute Gasteiger partial charge is 0.343 e. The number of fused-ring (bicyclic) bond motifs is 4. The Kier molecular flexibility index (Phi) is 4.55. The molecule has 1 aliphatic heterocycles. The number of hydrogen-bond donors (Lipinski definition) is 1. The highest BCUT2D eigenvalue weighted by molar-refractivity contribution is 6.08. The number of nitrogens with one attached hydrogen (secondary N) is 1. The molecule has 1 atom stereocenters. The maximum atomic E-state index is 13.4. The van der Waals surface area contributed by atoms with Crippen LogP contribution >= 0.6 is 0 Å². The van der Waals surface area contributed by atoms with Crippen molar-refractivity contribution >= 4 is 27.8 Å². The first-order chi connectivity index (χ1) is 16.5. The van der Waals surface area contributed by atoms with Crippen LogP contribution in [-0.4, -0.2) is 37.4 Å². The van der Waals surface area contributed by atoms with Gasteiger partial charge in [-0.3, -0.25) is 4.98 Å². The fourth-order valence-electron chi connectivity index (χ4n) is 4.63. The number of pyridine rings is 1. The van der Waals surface area contributed by atoms with Crippen LogP contribution in [0.15, 0.2) is 54.9 Å². The molecule has 1 amide bonds. The molecule has 0 fully saturated rings. The molecule has 0 saturated carbocycles. The van der Waals surface area contributed by atoms with Crippen molar-refractivity contribution in [1.29, 1.82) is 0 Å². The third kappa shape index (κ3) is 3.18. The zero-order valence-corrected chi connectivity index (χ0v) is 19.0. The first-order valence-electron chi connectivity index (χ1n) is 11.1. The van der Waals surface area contributed by atoms with Crippen LogP contribution < -0.4 is 10.1 Å². The highest BCUT2D eigenvalue weighted by atomic mass is 16.5. The lowest BCUT2D eigenvalue weighted by molar-refractivity contribution is 0.231. The first-order valence-corrected chi connectivity index (χ1v) is 11.1. The number of aryl methyl sites for hydroxylation is 3. The third-order valence-corrected chi connectivity index (χ3v) is 6.27. The van der Waals surface area contributed by atoms with Gasteiger partial charge < -0.3 is 10.1 Å². The van der Waals surface area contributed by atoms with E-state index in [1.165, 1.54) is 4.68 Å². The second kappa shape index (κ2) is 7.62. The molecule has 0 bridgehead atoms. The van der Waals surface area contributed by atoms with Crippen molar-refractivity contribution in [2.75, 3.05) is 6.61 Å². The van der Waals surface area contributed by atoms with Crippen molar-refractivity contribution in [3.8, 4) is 16.9 Å². The molecule has 8 heteroatoms. The summed E-state index contributed by atoms with van der Waals surface area (Å²) in [7, 11) is 0. The standard InChI is InChI=1S/C26H22N6O2/c1-14-24-15(2)31-32(25(24)20-6-4-5-7-21(20)29-14)26(33)30-22-13-34-23-10-17(8-9-19(22)23)18-11-27-16(3)28-12-18/h4-12,22H,13H2,1-3H3,(H,30,33)/t22-/m1/s1. The molecule has 0 spiro atoms. The van der Waals surface area contributed by atoms with E-state index in [1.54, 1.807) is 12.4 Å². The molecule has 2 aromatic carbocycles. The van der Waals surface area contributed by atoms with Gasteiger partial charge in [-0.1, -0.05) is 30.3 Å². The van der Waals surface area contributed by atoms with Crippen LogP contribution in [0.25, 0.3) is 32.9 Å². The Morgan fingerprint density at radius 3 is 2.65 bits per heavy atom. The lowest BCUT2D eigenvalue weighted by Crippen LogP contribution is -2.33. The second-order valence-corrected chi connectivity index (χ2v) is 8.52. The zero-order chi connectivity index (χ0) is 23.4. The number of nitrogens with zero attached hydrogens (tertiary/aromatic N) is 5. The number of amides is 1. The van der Waals surface area contributed by atoms with E-state index in [0.29, 0.717) is 6.61 Å². The minimum absolute atomic E-state index is 0.278. The van der Waals surface area contributed by atoms with Crippen molar-refractivity contribution in [2.45, 2.75) is 26.8 Å². The largest absolute Gasteiger partial charge is 0.491 e. The molecular formula is C26H22N6O2. The maximum absolute atomic E-state index is 13.4. The van der Waals surface area contributed by atoms with E-state index >= 15 is 0 Å². The summed E-state index contributed by atoms with van der Waals surface area (Å²) in [5, 5.41) is 9.47. The quantitative estimate of drug-likeness (QED) is 0.420. The van der Waals surface area contributed by atoms with E-state index in [9.17, 15) is 4.79 Å². The molecule has 6 rings (SSSR count). The van der Waals surface area contributed by atoms with Crippen LogP contribution in [0.2, 0.25) is 0 Å². The Balaban J connectivity index is 1.34. The van der Waals surface area contributed by atoms with Gasteiger partial charge in [0.2, 0.25) is 0 Å². The number of benzene rings is 2. The lowest BCUT2D eigenvalue weighted by atomic mass is 10.0. The highest BCUT2D eigenvalue weighted by Crippen LogP contribution is 2.36. The molecule has 0 unspecified atom stereocenters. The van der Waals surface area contributed by atoms with Crippen molar-refractivity contribution in [1.82, 2.24) is 30.0 Å². The minimum Gasteiger partial charge on any atom is -0.491 e. The number of carbonyl (C=O) groups is 1. The van der Waals surface area contributed by atoms with Gasteiger partial charge in [0.15, 0.2) is 0 Å². The van der Waals surface area contributed by atoms with Gasteiger partial charge in [0.25, 0.3) is 0 Å². The summed E-state index contributed by atoms with van der Waals surface area (Å²) in [6, 6.07) is 13.2. The number of carbonyl (C=O) groups excluding carboxylic acids is 1. The molecule has 1 aliphatic rings. The number of ether oxygens (including phenoxy) is 1. The summed E-state index contributed by atoms with van der Waals surface area (Å²) < 4.78 is 7.38. The second-order valence-electron chi connectivity index (χ2n) is 8.52. The molecule has 0 aliphatic carbocycles. The van der Waals surface area contributed by atoms with Crippen molar-refractivity contribution in [3.05, 3.63) is 77.6 Å². The van der Waals surface area contributed by atoms with E-state index in [-0.39, 0.29) is 12.1 Å². The number of hydrogen-bond acceptors (Lipinski definition) is 6. The van der Waals surface area contributed by atoms with E-state index in [4.69, 9.17) is 9.72 Å². The summed E-state index contributed by atoms with van der Waals surface area (Å²) in [6.45, 7) is 6.06. The molecule has 168 valence electrons. The van der Waals surface area contributed by atoms with Gasteiger partial charge >= 0.3 is 6.03 Å². The predicted molar refractivity (Wildman–Crippen MR) is 129 cm³/mol. The SMILES string of the molecule is Cc1ncc(-c2ccc3c(c2)OC[C@H]3NC(=O)n2nc(C)c3c(C)nc4ccccc4c32)cn1. The number of rotatable bonds is 2. The Bertz CT molecular complexity index is 1590. The summed E-state index contributed by atoms with van der Waals surface area (Å²) >= 11 is 0. The fourth-order valence-corrected chi connectivity index (χ4v) is 4.63. The maximum Gasteiger partial charge on any atom is 0.343 e. The van der Waals surface area contributed by atoms with Gasteiger partial charge in [0.05, 0.1) is 22.8 Å². The molecule has 5 aromatic rings. The van der Waals surface area contributed by atoms with E-state index in [0.717, 1.165) is 61.5 Å². The van der Waals surface area contributed by atoms with Crippen LogP contribution in [0.4, 0.5) is 4.79 Å². The number of para-hydroxylation sites is 1. The van der Waals surface area contributed by atoms with Gasteiger partial charge in [-0.2, -0.15) is 9.78 Å². The lowest BCUT2D eigenvalue weighted by Gasteiger charge is -2.13. The van der Waals surface area contributed by atoms with E-state index in [2.05, 4.69) is 20.4 Å². The Morgan fingerprint density at radius 1 is 1.03 bits per heavy atom. The molecule has 1 N–H and O–H groups in total. The van der Waals surface area contributed by atoms with Crippen LogP contribution in [0.5, 0.6) is 5.75 Å². The van der Waals surface area contributed by atoms with Crippen molar-refractivity contribution in [2.24, 2.45) is 0 Å². The fraction of sp³-hybridized carbons (Fsp3) is 0.192. The van der Waals surface area contributed by atoms with Gasteiger partial charge in [0, 0.05) is 40.0 Å². The summed E-state index contributed by atoms with van der Waals surface area (Å²) in [5.74, 6) is 1.47. The average Bonchev–Trinajstić information content (AvgIpc) is 3.40. The molecular weight excluding hydrogens is 428 g/mol. The normalized spacial score (nSPS) is 14.9. The molecule has 0 saturated heterocycles. The highest BCUT2D eigenvalue weighted by Gasteiger charge is 2.28. The summed E-state index contributed by atoms with van der Waals surface area (Å²) in [6.07, 6.45) is 3.59. The predicted octanol–water partition coefficient (Wildman–Crippen LogP) is 4.66. The first kappa shape index (κ1) is 20.3. The van der Waals surface area contributed by atoms with Gasteiger partial charge in [-0.15, -0.1) is 0 Å². The van der Waals surface area contributed by atoms with Crippen molar-refractivity contribution in [3.63, 3.8) is 0 Å². The molecule has 8 nitrogen and oxygen atoms in total. The Labute approximate surface area is 195 Å². The van der Waals surface area contributed by atoms with Crippen LogP contribution in [0.3, 0.4) is 0 Å². The summed E-state index contributed by atoms with van der Waals surface area (Å²) in [5.41, 5.74) is 6.05. The minimum atomic E-state index is -0.300.